The van der Waals surface area contributed by atoms with E-state index in [0.29, 0.717) is 18.7 Å². The highest BCUT2D eigenvalue weighted by atomic mass is 16.4. The minimum absolute atomic E-state index is 0.316. The summed E-state index contributed by atoms with van der Waals surface area (Å²) in [5.74, 6) is -1.12. The van der Waals surface area contributed by atoms with Gasteiger partial charge in [0.1, 0.15) is 0 Å². The summed E-state index contributed by atoms with van der Waals surface area (Å²) in [4.78, 5) is 23.0. The van der Waals surface area contributed by atoms with Crippen molar-refractivity contribution in [1.82, 2.24) is 25.6 Å². The molecule has 21 heavy (non-hydrogen) atoms. The van der Waals surface area contributed by atoms with E-state index in [-0.39, 0.29) is 0 Å². The third kappa shape index (κ3) is 4.30. The monoisotopic (exact) mass is 289 g/mol. The van der Waals surface area contributed by atoms with Crippen molar-refractivity contribution < 1.29 is 14.7 Å². The van der Waals surface area contributed by atoms with Crippen molar-refractivity contribution in [3.8, 4) is 0 Å². The average Bonchev–Trinajstić information content (AvgIpc) is 2.98. The van der Waals surface area contributed by atoms with Gasteiger partial charge in [0.25, 0.3) is 0 Å². The second-order valence-corrected chi connectivity index (χ2v) is 4.25. The van der Waals surface area contributed by atoms with Crippen LogP contribution in [0.25, 0.3) is 0 Å². The van der Waals surface area contributed by atoms with Crippen LogP contribution in [0.15, 0.2) is 42.7 Å². The molecule has 0 fully saturated rings. The Morgan fingerprint density at radius 3 is 2.67 bits per heavy atom. The van der Waals surface area contributed by atoms with Gasteiger partial charge in [-0.2, -0.15) is 0 Å². The van der Waals surface area contributed by atoms with Gasteiger partial charge in [0.15, 0.2) is 6.04 Å². The van der Waals surface area contributed by atoms with Gasteiger partial charge >= 0.3 is 12.0 Å². The number of hydrogen-bond donors (Lipinski definition) is 3. The summed E-state index contributed by atoms with van der Waals surface area (Å²) in [5.41, 5.74) is 0.511. The van der Waals surface area contributed by atoms with Crippen molar-refractivity contribution in [2.75, 3.05) is 6.54 Å². The Kier molecular flexibility index (Phi) is 4.86. The number of nitrogens with zero attached hydrogens (tertiary/aromatic N) is 3. The third-order valence-electron chi connectivity index (χ3n) is 2.75. The molecule has 0 aliphatic rings. The van der Waals surface area contributed by atoms with Gasteiger partial charge in [-0.1, -0.05) is 35.5 Å². The van der Waals surface area contributed by atoms with E-state index >= 15 is 0 Å². The molecule has 2 rings (SSSR count). The van der Waals surface area contributed by atoms with Crippen molar-refractivity contribution in [1.29, 1.82) is 0 Å². The van der Waals surface area contributed by atoms with Crippen LogP contribution in [0.2, 0.25) is 0 Å². The Morgan fingerprint density at radius 2 is 2.05 bits per heavy atom. The van der Waals surface area contributed by atoms with Gasteiger partial charge in [0.2, 0.25) is 0 Å². The van der Waals surface area contributed by atoms with Crippen LogP contribution in [0.3, 0.4) is 0 Å². The van der Waals surface area contributed by atoms with Crippen molar-refractivity contribution in [2.24, 2.45) is 0 Å². The van der Waals surface area contributed by atoms with Gasteiger partial charge in [0, 0.05) is 12.7 Å². The molecule has 0 radical (unpaired) electrons. The number of aromatic nitrogens is 3. The largest absolute Gasteiger partial charge is 0.479 e. The Balaban J connectivity index is 1.85. The molecule has 2 amide bonds. The Labute approximate surface area is 120 Å². The van der Waals surface area contributed by atoms with Gasteiger partial charge < -0.3 is 15.7 Å². The number of nitrogens with one attached hydrogen (secondary N) is 2. The van der Waals surface area contributed by atoms with Crippen LogP contribution in [0.1, 0.15) is 11.6 Å². The van der Waals surface area contributed by atoms with Crippen LogP contribution in [0.5, 0.6) is 0 Å². The average molecular weight is 289 g/mol. The molecule has 3 N–H and O–H groups in total. The number of carbonyl (C=O) groups is 2. The van der Waals surface area contributed by atoms with Gasteiger partial charge in [-0.15, -0.1) is 5.10 Å². The Morgan fingerprint density at radius 1 is 1.29 bits per heavy atom. The number of hydrogen-bond acceptors (Lipinski definition) is 4. The van der Waals surface area contributed by atoms with Gasteiger partial charge in [-0.05, 0) is 5.56 Å². The first-order valence-electron chi connectivity index (χ1n) is 6.33. The maximum atomic E-state index is 11.7. The summed E-state index contributed by atoms with van der Waals surface area (Å²) in [6.45, 7) is 0.771. The second-order valence-electron chi connectivity index (χ2n) is 4.25. The predicted molar refractivity (Wildman–Crippen MR) is 73.4 cm³/mol. The first kappa shape index (κ1) is 14.5. The van der Waals surface area contributed by atoms with Crippen LogP contribution >= 0.6 is 0 Å². The van der Waals surface area contributed by atoms with E-state index in [9.17, 15) is 14.7 Å². The molecule has 1 aromatic heterocycles. The Hall–Kier alpha value is -2.90. The standard InChI is InChI=1S/C13H15N5O3/c19-12(20)11(10-4-2-1-3-5-10)16-13(21)14-6-8-18-9-7-15-17-18/h1-5,7,9,11H,6,8H2,(H,19,20)(H2,14,16,21)/t11-/m1/s1. The third-order valence-corrected chi connectivity index (χ3v) is 2.75. The number of urea groups is 1. The molecule has 1 aromatic carbocycles. The minimum atomic E-state index is -1.12. The lowest BCUT2D eigenvalue weighted by atomic mass is 10.1. The summed E-state index contributed by atoms with van der Waals surface area (Å²) in [6.07, 6.45) is 3.21. The fraction of sp³-hybridized carbons (Fsp3) is 0.231. The van der Waals surface area contributed by atoms with E-state index in [1.54, 1.807) is 41.2 Å². The Bertz CT molecular complexity index is 585. The molecule has 1 heterocycles. The van der Waals surface area contributed by atoms with Crippen molar-refractivity contribution in [3.05, 3.63) is 48.3 Å². The minimum Gasteiger partial charge on any atom is -0.479 e. The van der Waals surface area contributed by atoms with E-state index < -0.39 is 18.0 Å². The molecule has 1 atom stereocenters. The number of carboxylic acids is 1. The van der Waals surface area contributed by atoms with Crippen LogP contribution < -0.4 is 10.6 Å². The highest BCUT2D eigenvalue weighted by Gasteiger charge is 2.21. The number of benzene rings is 1. The molecule has 0 saturated heterocycles. The quantitative estimate of drug-likeness (QED) is 0.713. The van der Waals surface area contributed by atoms with Gasteiger partial charge in [-0.3, -0.25) is 4.68 Å². The van der Waals surface area contributed by atoms with Crippen LogP contribution in [-0.4, -0.2) is 38.6 Å². The smallest absolute Gasteiger partial charge is 0.330 e. The number of amides is 2. The van der Waals surface area contributed by atoms with Crippen molar-refractivity contribution >= 4 is 12.0 Å². The zero-order valence-electron chi connectivity index (χ0n) is 11.1. The maximum Gasteiger partial charge on any atom is 0.330 e. The summed E-state index contributed by atoms with van der Waals surface area (Å²) in [5, 5.41) is 21.6. The first-order chi connectivity index (χ1) is 10.2. The van der Waals surface area contributed by atoms with E-state index in [4.69, 9.17) is 0 Å². The van der Waals surface area contributed by atoms with E-state index in [2.05, 4.69) is 20.9 Å². The highest BCUT2D eigenvalue weighted by molar-refractivity contribution is 5.83. The van der Waals surface area contributed by atoms with E-state index in [1.165, 1.54) is 6.20 Å². The molecule has 0 aliphatic heterocycles. The van der Waals surface area contributed by atoms with Crippen LogP contribution in [0.4, 0.5) is 4.79 Å². The molecule has 0 bridgehead atoms. The van der Waals surface area contributed by atoms with Crippen molar-refractivity contribution in [2.45, 2.75) is 12.6 Å². The molecular weight excluding hydrogens is 274 g/mol. The molecule has 0 aliphatic carbocycles. The van der Waals surface area contributed by atoms with Crippen molar-refractivity contribution in [3.63, 3.8) is 0 Å². The normalized spacial score (nSPS) is 11.6. The molecule has 0 saturated carbocycles. The predicted octanol–water partition coefficient (Wildman–Crippen LogP) is 0.403. The lowest BCUT2D eigenvalue weighted by molar-refractivity contribution is -0.139. The lowest BCUT2D eigenvalue weighted by Gasteiger charge is -2.15. The summed E-state index contributed by atoms with van der Waals surface area (Å²) in [6, 6.07) is 6.87. The molecule has 110 valence electrons. The lowest BCUT2D eigenvalue weighted by Crippen LogP contribution is -2.41. The fourth-order valence-electron chi connectivity index (χ4n) is 1.75. The fourth-order valence-corrected chi connectivity index (χ4v) is 1.75. The molecule has 8 nitrogen and oxygen atoms in total. The van der Waals surface area contributed by atoms with Crippen LogP contribution in [0, 0.1) is 0 Å². The van der Waals surface area contributed by atoms with Gasteiger partial charge in [-0.25, -0.2) is 9.59 Å². The maximum absolute atomic E-state index is 11.7. The number of carbonyl (C=O) groups excluding carboxylic acids is 1. The zero-order chi connectivity index (χ0) is 15.1. The van der Waals surface area contributed by atoms with E-state index in [1.807, 2.05) is 0 Å². The van der Waals surface area contributed by atoms with E-state index in [0.717, 1.165) is 0 Å². The molecule has 0 spiro atoms. The summed E-state index contributed by atoms with van der Waals surface area (Å²) in [7, 11) is 0. The molecule has 0 unspecified atom stereocenters. The molecular formula is C13H15N5O3. The molecule has 8 heteroatoms. The number of carboxylic acid groups (broad SMARTS) is 1. The summed E-state index contributed by atoms with van der Waals surface area (Å²) < 4.78 is 1.56. The van der Waals surface area contributed by atoms with Crippen LogP contribution in [-0.2, 0) is 11.3 Å². The summed E-state index contributed by atoms with van der Waals surface area (Å²) >= 11 is 0. The molecule has 2 aromatic rings. The SMILES string of the molecule is O=C(NCCn1ccnn1)N[C@@H](C(=O)O)c1ccccc1. The van der Waals surface area contributed by atoms with Gasteiger partial charge in [0.05, 0.1) is 12.7 Å². The first-order valence-corrected chi connectivity index (χ1v) is 6.33. The highest BCUT2D eigenvalue weighted by Crippen LogP contribution is 2.12. The second kappa shape index (κ2) is 7.04. The zero-order valence-corrected chi connectivity index (χ0v) is 11.1. The number of rotatable bonds is 6. The topological polar surface area (TPSA) is 109 Å². The number of aliphatic carboxylic acids is 1.